The molecule has 0 amide bonds. The van der Waals surface area contributed by atoms with Crippen LogP contribution in [0.1, 0.15) is 96.3 Å². The van der Waals surface area contributed by atoms with Gasteiger partial charge in [0, 0.05) is 0 Å². The van der Waals surface area contributed by atoms with E-state index in [1.165, 1.54) is 96.3 Å². The van der Waals surface area contributed by atoms with Gasteiger partial charge >= 0.3 is 16.5 Å². The molecule has 0 aromatic rings. The molecule has 0 spiro atoms. The second-order valence-corrected chi connectivity index (χ2v) is 8.69. The fourth-order valence-corrected chi connectivity index (χ4v) is 5.71. The van der Waals surface area contributed by atoms with Gasteiger partial charge in [-0.3, -0.25) is 0 Å². The minimum absolute atomic E-state index is 0. The Bertz CT molecular complexity index is 232. The summed E-state index contributed by atoms with van der Waals surface area (Å²) in [6.45, 7) is 0. The molecule has 6 rings (SSSR count). The molecule has 6 saturated carbocycles. The summed E-state index contributed by atoms with van der Waals surface area (Å²) in [5.74, 6) is 9.00. The van der Waals surface area contributed by atoms with Crippen LogP contribution in [0.25, 0.3) is 0 Å². The molecule has 0 aromatic heterocycles. The molecule has 1 heteroatoms. The van der Waals surface area contributed by atoms with Crippen LogP contribution in [0.15, 0.2) is 0 Å². The van der Waals surface area contributed by atoms with E-state index in [4.69, 9.17) is 0 Å². The molecular weight excluding hydrogens is 311 g/mol. The Labute approximate surface area is 148 Å². The molecule has 1 radical (unpaired) electrons. The van der Waals surface area contributed by atoms with Gasteiger partial charge in [-0.25, -0.2) is 0 Å². The SMILES string of the molecule is C1CC2CC[C-]1C2.C1CC2CC[C-]1C2.C1CC2CC[C-]1C2.[Ni+3]. The Morgan fingerprint density at radius 1 is 0.409 bits per heavy atom. The average molecular weight is 344 g/mol. The molecule has 0 atom stereocenters. The molecule has 22 heavy (non-hydrogen) atoms. The minimum atomic E-state index is 0. The summed E-state index contributed by atoms with van der Waals surface area (Å²) in [4.78, 5) is 0. The second-order valence-electron chi connectivity index (χ2n) is 8.69. The third-order valence-electron chi connectivity index (χ3n) is 7.17. The molecule has 127 valence electrons. The van der Waals surface area contributed by atoms with Crippen molar-refractivity contribution in [3.8, 4) is 0 Å². The van der Waals surface area contributed by atoms with Crippen LogP contribution in [0.3, 0.4) is 0 Å². The molecule has 6 fully saturated rings. The predicted octanol–water partition coefficient (Wildman–Crippen LogP) is 6.46. The number of fused-ring (bicyclic) bond motifs is 6. The van der Waals surface area contributed by atoms with Gasteiger partial charge in [0.1, 0.15) is 0 Å². The van der Waals surface area contributed by atoms with Crippen LogP contribution >= 0.6 is 0 Å². The zero-order valence-corrected chi connectivity index (χ0v) is 15.1. The maximum Gasteiger partial charge on any atom is 3.00 e. The topological polar surface area (TPSA) is 0 Å². The molecular formula is C21H33Ni. The first-order valence-electron chi connectivity index (χ1n) is 9.86. The van der Waals surface area contributed by atoms with E-state index in [0.717, 1.165) is 17.8 Å². The van der Waals surface area contributed by atoms with Crippen molar-refractivity contribution in [2.75, 3.05) is 0 Å². The van der Waals surface area contributed by atoms with Gasteiger partial charge in [-0.15, -0.1) is 0 Å². The van der Waals surface area contributed by atoms with Gasteiger partial charge in [-0.2, -0.15) is 57.8 Å². The fourth-order valence-electron chi connectivity index (χ4n) is 5.71. The zero-order valence-electron chi connectivity index (χ0n) is 14.2. The summed E-state index contributed by atoms with van der Waals surface area (Å²) in [6.07, 6.45) is 22.5. The fraction of sp³-hybridized carbons (Fsp3) is 0.857. The first-order chi connectivity index (χ1) is 10.3. The maximum atomic E-state index is 1.87. The number of hydrogen-bond acceptors (Lipinski definition) is 0. The molecule has 0 aliphatic heterocycles. The van der Waals surface area contributed by atoms with Crippen LogP contribution in [0.2, 0.25) is 0 Å². The van der Waals surface area contributed by atoms with E-state index in [0.29, 0.717) is 0 Å². The zero-order chi connectivity index (χ0) is 14.1. The third-order valence-corrected chi connectivity index (χ3v) is 7.17. The van der Waals surface area contributed by atoms with Gasteiger partial charge in [0.15, 0.2) is 0 Å². The number of hydrogen-bond donors (Lipinski definition) is 0. The van der Waals surface area contributed by atoms with Crippen molar-refractivity contribution >= 4 is 0 Å². The number of rotatable bonds is 0. The van der Waals surface area contributed by atoms with E-state index in [1.54, 1.807) is 0 Å². The van der Waals surface area contributed by atoms with Crippen LogP contribution in [-0.4, -0.2) is 0 Å². The van der Waals surface area contributed by atoms with E-state index in [1.807, 2.05) is 17.8 Å². The Kier molecular flexibility index (Phi) is 6.34. The minimum Gasteiger partial charge on any atom is -0.313 e. The van der Waals surface area contributed by atoms with Crippen molar-refractivity contribution in [1.29, 1.82) is 0 Å². The summed E-state index contributed by atoms with van der Waals surface area (Å²) in [5.41, 5.74) is 0. The Morgan fingerprint density at radius 3 is 0.682 bits per heavy atom. The van der Waals surface area contributed by atoms with Crippen molar-refractivity contribution in [2.24, 2.45) is 17.8 Å². The van der Waals surface area contributed by atoms with Gasteiger partial charge in [0.05, 0.1) is 0 Å². The first kappa shape index (κ1) is 17.3. The Hall–Kier alpha value is 0.494. The van der Waals surface area contributed by atoms with Gasteiger partial charge < -0.3 is 17.8 Å². The van der Waals surface area contributed by atoms with Gasteiger partial charge in [-0.05, 0) is 0 Å². The van der Waals surface area contributed by atoms with E-state index in [9.17, 15) is 0 Å². The van der Waals surface area contributed by atoms with E-state index in [-0.39, 0.29) is 16.5 Å². The molecule has 6 aliphatic carbocycles. The standard InChI is InChI=1S/3C7H11.Ni/c3*1-2-7-4-3-6(1)5-7;/h3*6H,1-5H2;/q3*-1;+3. The largest absolute Gasteiger partial charge is 3.00 e. The molecule has 0 saturated heterocycles. The van der Waals surface area contributed by atoms with Gasteiger partial charge in [0.2, 0.25) is 0 Å². The summed E-state index contributed by atoms with van der Waals surface area (Å²) < 4.78 is 0. The summed E-state index contributed by atoms with van der Waals surface area (Å²) >= 11 is 0. The molecule has 0 nitrogen and oxygen atoms in total. The normalized spacial score (nSPS) is 31.1. The van der Waals surface area contributed by atoms with Crippen LogP contribution in [0.4, 0.5) is 0 Å². The summed E-state index contributed by atoms with van der Waals surface area (Å²) in [6, 6.07) is 0. The van der Waals surface area contributed by atoms with Gasteiger partial charge in [-0.1, -0.05) is 56.3 Å². The maximum absolute atomic E-state index is 1.87. The third kappa shape index (κ3) is 4.31. The second kappa shape index (κ2) is 8.05. The van der Waals surface area contributed by atoms with Crippen molar-refractivity contribution in [3.63, 3.8) is 0 Å². The quantitative estimate of drug-likeness (QED) is 0.349. The van der Waals surface area contributed by atoms with E-state index >= 15 is 0 Å². The summed E-state index contributed by atoms with van der Waals surface area (Å²) in [7, 11) is 0. The molecule has 0 N–H and O–H groups in total. The van der Waals surface area contributed by atoms with E-state index in [2.05, 4.69) is 0 Å². The first-order valence-corrected chi connectivity index (χ1v) is 9.86. The Morgan fingerprint density at radius 2 is 0.636 bits per heavy atom. The molecule has 0 aromatic carbocycles. The van der Waals surface area contributed by atoms with Crippen molar-refractivity contribution in [2.45, 2.75) is 96.3 Å². The van der Waals surface area contributed by atoms with Gasteiger partial charge in [0.25, 0.3) is 0 Å². The molecule has 6 bridgehead atoms. The summed E-state index contributed by atoms with van der Waals surface area (Å²) in [5, 5.41) is 0. The molecule has 6 aliphatic rings. The monoisotopic (exact) mass is 343 g/mol. The van der Waals surface area contributed by atoms with Crippen LogP contribution in [0.5, 0.6) is 0 Å². The van der Waals surface area contributed by atoms with Crippen LogP contribution in [-0.2, 0) is 16.5 Å². The van der Waals surface area contributed by atoms with Crippen LogP contribution in [0, 0.1) is 35.5 Å². The predicted molar refractivity (Wildman–Crippen MR) is 89.5 cm³/mol. The average Bonchev–Trinajstić information content (AvgIpc) is 3.39. The molecule has 0 unspecified atom stereocenters. The smallest absolute Gasteiger partial charge is 0.313 e. The van der Waals surface area contributed by atoms with Crippen molar-refractivity contribution in [3.05, 3.63) is 17.8 Å². The van der Waals surface area contributed by atoms with E-state index < -0.39 is 0 Å². The Balaban J connectivity index is 0.0000000960. The molecule has 0 heterocycles. The van der Waals surface area contributed by atoms with Crippen molar-refractivity contribution < 1.29 is 16.5 Å². The van der Waals surface area contributed by atoms with Crippen molar-refractivity contribution in [1.82, 2.24) is 0 Å². The van der Waals surface area contributed by atoms with Crippen LogP contribution < -0.4 is 0 Å².